The first-order chi connectivity index (χ1) is 17.4. The van der Waals surface area contributed by atoms with Crippen LogP contribution in [0, 0.1) is 6.92 Å². The molecule has 2 aromatic carbocycles. The first-order valence-corrected chi connectivity index (χ1v) is 11.5. The van der Waals surface area contributed by atoms with E-state index in [0.717, 1.165) is 32.7 Å². The molecule has 0 aliphatic heterocycles. The third-order valence-corrected chi connectivity index (χ3v) is 5.99. The number of pyridine rings is 1. The van der Waals surface area contributed by atoms with Crippen LogP contribution in [0.1, 0.15) is 22.4 Å². The lowest BCUT2D eigenvalue weighted by atomic mass is 10.2. The number of nitrogens with zero attached hydrogens (tertiary/aromatic N) is 5. The van der Waals surface area contributed by atoms with Gasteiger partial charge in [-0.2, -0.15) is 4.98 Å². The van der Waals surface area contributed by atoms with E-state index in [0.29, 0.717) is 12.3 Å². The quantitative estimate of drug-likeness (QED) is 0.359. The highest BCUT2D eigenvalue weighted by Crippen LogP contribution is 2.17. The van der Waals surface area contributed by atoms with Gasteiger partial charge in [0.25, 0.3) is 0 Å². The van der Waals surface area contributed by atoms with Gasteiger partial charge in [-0.3, -0.25) is 9.55 Å². The van der Waals surface area contributed by atoms with Crippen molar-refractivity contribution >= 4 is 5.95 Å². The maximum Gasteiger partial charge on any atom is 0.355 e. The third-order valence-electron chi connectivity index (χ3n) is 5.99. The van der Waals surface area contributed by atoms with Gasteiger partial charge >= 0.3 is 11.4 Å². The van der Waals surface area contributed by atoms with E-state index in [1.54, 1.807) is 37.4 Å². The third kappa shape index (κ3) is 5.46. The Kier molecular flexibility index (Phi) is 7.48. The summed E-state index contributed by atoms with van der Waals surface area (Å²) < 4.78 is 13.1. The molecule has 0 aliphatic carbocycles. The highest BCUT2D eigenvalue weighted by atomic mass is 16.5. The molecule has 0 saturated carbocycles. The Morgan fingerprint density at radius 2 is 1.39 bits per heavy atom. The molecule has 0 bridgehead atoms. The normalized spacial score (nSPS) is 10.8. The zero-order chi connectivity index (χ0) is 25.7. The number of rotatable bonds is 9. The monoisotopic (exact) mass is 487 g/mol. The van der Waals surface area contributed by atoms with E-state index in [4.69, 9.17) is 9.47 Å². The first kappa shape index (κ1) is 24.7. The van der Waals surface area contributed by atoms with Crippen molar-refractivity contribution in [1.82, 2.24) is 19.1 Å². The molecule has 2 heterocycles. The van der Waals surface area contributed by atoms with E-state index >= 15 is 0 Å². The number of benzene rings is 2. The number of aryl methyl sites for hydroxylation is 1. The van der Waals surface area contributed by atoms with Gasteiger partial charge in [0.15, 0.2) is 0 Å². The fraction of sp³-hybridized carbons (Fsp3) is 0.259. The van der Waals surface area contributed by atoms with Gasteiger partial charge in [0.1, 0.15) is 11.5 Å². The minimum Gasteiger partial charge on any atom is -0.497 e. The molecule has 2 aromatic heterocycles. The molecule has 186 valence electrons. The van der Waals surface area contributed by atoms with E-state index in [-0.39, 0.29) is 19.0 Å². The van der Waals surface area contributed by atoms with Crippen molar-refractivity contribution in [1.29, 1.82) is 0 Å². The average Bonchev–Trinajstić information content (AvgIpc) is 2.90. The smallest absolute Gasteiger partial charge is 0.355 e. The van der Waals surface area contributed by atoms with Crippen molar-refractivity contribution in [3.8, 4) is 11.5 Å². The van der Waals surface area contributed by atoms with Crippen LogP contribution in [-0.2, 0) is 19.6 Å². The molecule has 4 rings (SSSR count). The Morgan fingerprint density at radius 1 is 0.833 bits per heavy atom. The molecule has 9 nitrogen and oxygen atoms in total. The van der Waals surface area contributed by atoms with E-state index in [1.165, 1.54) is 4.57 Å². The van der Waals surface area contributed by atoms with Crippen molar-refractivity contribution < 1.29 is 9.47 Å². The first-order valence-electron chi connectivity index (χ1n) is 11.5. The van der Waals surface area contributed by atoms with Crippen molar-refractivity contribution in [3.05, 3.63) is 110 Å². The largest absolute Gasteiger partial charge is 0.497 e. The zero-order valence-electron chi connectivity index (χ0n) is 20.8. The van der Waals surface area contributed by atoms with Gasteiger partial charge in [0, 0.05) is 25.5 Å². The fourth-order valence-corrected chi connectivity index (χ4v) is 3.92. The second-order valence-electron chi connectivity index (χ2n) is 8.45. The number of hydrogen-bond acceptors (Lipinski definition) is 7. The Hall–Kier alpha value is -4.40. The van der Waals surface area contributed by atoms with Crippen LogP contribution in [0.3, 0.4) is 0 Å². The van der Waals surface area contributed by atoms with Gasteiger partial charge in [-0.15, -0.1) is 0 Å². The van der Waals surface area contributed by atoms with Crippen molar-refractivity contribution in [3.63, 3.8) is 0 Å². The lowest BCUT2D eigenvalue weighted by Gasteiger charge is -2.23. The summed E-state index contributed by atoms with van der Waals surface area (Å²) in [5.41, 5.74) is 2.48. The predicted octanol–water partition coefficient (Wildman–Crippen LogP) is 2.86. The SMILES string of the molecule is COc1ccc(Cn2c(N(C)Cc3cccnc3C)nc(=O)n(Cc3ccc(OC)cc3)c2=O)cc1. The lowest BCUT2D eigenvalue weighted by molar-refractivity contribution is 0.414. The second kappa shape index (κ2) is 10.9. The summed E-state index contributed by atoms with van der Waals surface area (Å²) in [6, 6.07) is 18.5. The molecule has 0 N–H and O–H groups in total. The number of anilines is 1. The van der Waals surface area contributed by atoms with Crippen LogP contribution in [0.15, 0.2) is 76.4 Å². The lowest BCUT2D eigenvalue weighted by Crippen LogP contribution is -2.44. The molecule has 9 heteroatoms. The predicted molar refractivity (Wildman–Crippen MR) is 138 cm³/mol. The van der Waals surface area contributed by atoms with Crippen molar-refractivity contribution in [2.24, 2.45) is 0 Å². The average molecular weight is 488 g/mol. The van der Waals surface area contributed by atoms with Gasteiger partial charge in [0.2, 0.25) is 5.95 Å². The van der Waals surface area contributed by atoms with Gasteiger partial charge in [-0.25, -0.2) is 14.2 Å². The second-order valence-corrected chi connectivity index (χ2v) is 8.45. The molecule has 0 saturated heterocycles. The van der Waals surface area contributed by atoms with Crippen LogP contribution in [0.2, 0.25) is 0 Å². The number of methoxy groups -OCH3 is 2. The summed E-state index contributed by atoms with van der Waals surface area (Å²) in [6.45, 7) is 2.71. The van der Waals surface area contributed by atoms with Gasteiger partial charge in [0.05, 0.1) is 27.3 Å². The molecule has 0 aliphatic rings. The molecule has 0 amide bonds. The Labute approximate surface area is 209 Å². The number of hydrogen-bond donors (Lipinski definition) is 0. The van der Waals surface area contributed by atoms with Crippen LogP contribution in [0.5, 0.6) is 11.5 Å². The summed E-state index contributed by atoms with van der Waals surface area (Å²) in [6.07, 6.45) is 1.73. The molecule has 36 heavy (non-hydrogen) atoms. The molecule has 4 aromatic rings. The summed E-state index contributed by atoms with van der Waals surface area (Å²) >= 11 is 0. The molecular weight excluding hydrogens is 458 g/mol. The number of ether oxygens (including phenoxy) is 2. The molecule has 0 radical (unpaired) electrons. The molecule has 0 atom stereocenters. The molecule has 0 fully saturated rings. The maximum absolute atomic E-state index is 13.7. The van der Waals surface area contributed by atoms with Crippen molar-refractivity contribution in [2.75, 3.05) is 26.2 Å². The van der Waals surface area contributed by atoms with E-state index < -0.39 is 11.4 Å². The molecule has 0 unspecified atom stereocenters. The topological polar surface area (TPSA) is 91.5 Å². The summed E-state index contributed by atoms with van der Waals surface area (Å²) in [5.74, 6) is 1.71. The van der Waals surface area contributed by atoms with Crippen molar-refractivity contribution in [2.45, 2.75) is 26.6 Å². The highest BCUT2D eigenvalue weighted by molar-refractivity contribution is 5.35. The fourth-order valence-electron chi connectivity index (χ4n) is 3.92. The Morgan fingerprint density at radius 3 is 1.92 bits per heavy atom. The van der Waals surface area contributed by atoms with Gasteiger partial charge in [-0.05, 0) is 53.9 Å². The maximum atomic E-state index is 13.7. The van der Waals surface area contributed by atoms with Gasteiger partial charge < -0.3 is 14.4 Å². The van der Waals surface area contributed by atoms with E-state index in [9.17, 15) is 9.59 Å². The van der Waals surface area contributed by atoms with Crippen LogP contribution in [-0.4, -0.2) is 40.4 Å². The molecule has 0 spiro atoms. The van der Waals surface area contributed by atoms with Crippen LogP contribution < -0.4 is 25.8 Å². The van der Waals surface area contributed by atoms with Crippen LogP contribution >= 0.6 is 0 Å². The van der Waals surface area contributed by atoms with Gasteiger partial charge in [-0.1, -0.05) is 30.3 Å². The Bertz CT molecular complexity index is 1440. The Balaban J connectivity index is 1.76. The zero-order valence-corrected chi connectivity index (χ0v) is 20.8. The minimum atomic E-state index is -0.605. The standard InChI is InChI=1S/C27H29N5O4/c1-19-22(6-5-15-28-19)18-30(2)25-29-26(33)32(17-21-9-13-24(36-4)14-10-21)27(34)31(25)16-20-7-11-23(35-3)12-8-20/h5-15H,16-18H2,1-4H3. The number of aromatic nitrogens is 4. The van der Waals surface area contributed by atoms with E-state index in [1.807, 2.05) is 62.5 Å². The van der Waals surface area contributed by atoms with E-state index in [2.05, 4.69) is 9.97 Å². The summed E-state index contributed by atoms with van der Waals surface area (Å²) in [4.78, 5) is 37.2. The highest BCUT2D eigenvalue weighted by Gasteiger charge is 2.18. The molecular formula is C27H29N5O4. The van der Waals surface area contributed by atoms with Crippen LogP contribution in [0.4, 0.5) is 5.95 Å². The van der Waals surface area contributed by atoms with Crippen LogP contribution in [0.25, 0.3) is 0 Å². The summed E-state index contributed by atoms with van der Waals surface area (Å²) in [7, 11) is 5.00. The summed E-state index contributed by atoms with van der Waals surface area (Å²) in [5, 5.41) is 0. The minimum absolute atomic E-state index is 0.100.